The van der Waals surface area contributed by atoms with Crippen LogP contribution in [0.3, 0.4) is 0 Å². The topological polar surface area (TPSA) is 92.1 Å². The van der Waals surface area contributed by atoms with Gasteiger partial charge in [-0.15, -0.1) is 0 Å². The molecule has 0 saturated carbocycles. The molecule has 1 fully saturated rings. The number of nitrogens with one attached hydrogen (secondary N) is 1. The van der Waals surface area contributed by atoms with Gasteiger partial charge in [0.25, 0.3) is 5.91 Å². The molecule has 37 heavy (non-hydrogen) atoms. The van der Waals surface area contributed by atoms with Crippen molar-refractivity contribution in [1.82, 2.24) is 34.5 Å². The SMILES string of the molecule is CCn1cc(-c2ccnc(Nc3cccc(C(=O)N4CCN(C(C)C)CC4)c3)n2)c(-c2cccnc2)n1. The summed E-state index contributed by atoms with van der Waals surface area (Å²) in [5.74, 6) is 0.504. The summed E-state index contributed by atoms with van der Waals surface area (Å²) in [4.78, 5) is 30.9. The Morgan fingerprint density at radius 1 is 1.05 bits per heavy atom. The van der Waals surface area contributed by atoms with E-state index in [1.807, 2.05) is 58.2 Å². The number of carbonyl (C=O) groups excluding carboxylic acids is 1. The molecule has 5 rings (SSSR count). The maximum Gasteiger partial charge on any atom is 0.254 e. The number of carbonyl (C=O) groups is 1. The number of piperazine rings is 1. The van der Waals surface area contributed by atoms with E-state index in [-0.39, 0.29) is 5.91 Å². The van der Waals surface area contributed by atoms with E-state index < -0.39 is 0 Å². The van der Waals surface area contributed by atoms with Crippen LogP contribution in [0.15, 0.2) is 67.3 Å². The lowest BCUT2D eigenvalue weighted by Gasteiger charge is -2.37. The van der Waals surface area contributed by atoms with Gasteiger partial charge in [0.15, 0.2) is 0 Å². The van der Waals surface area contributed by atoms with Crippen LogP contribution in [-0.4, -0.2) is 72.7 Å². The van der Waals surface area contributed by atoms with Gasteiger partial charge in [-0.3, -0.25) is 19.4 Å². The molecule has 0 aliphatic carbocycles. The van der Waals surface area contributed by atoms with E-state index >= 15 is 0 Å². The van der Waals surface area contributed by atoms with Crippen molar-refractivity contribution < 1.29 is 4.79 Å². The minimum atomic E-state index is 0.0508. The maximum atomic E-state index is 13.2. The monoisotopic (exact) mass is 496 g/mol. The molecule has 4 aromatic rings. The van der Waals surface area contributed by atoms with Gasteiger partial charge < -0.3 is 10.2 Å². The summed E-state index contributed by atoms with van der Waals surface area (Å²) < 4.78 is 1.89. The van der Waals surface area contributed by atoms with Crippen molar-refractivity contribution in [1.29, 1.82) is 0 Å². The normalized spacial score (nSPS) is 14.2. The number of amides is 1. The van der Waals surface area contributed by atoms with Crippen molar-refractivity contribution in [2.24, 2.45) is 0 Å². The predicted molar refractivity (Wildman–Crippen MR) is 144 cm³/mol. The van der Waals surface area contributed by atoms with Crippen LogP contribution in [0.2, 0.25) is 0 Å². The Labute approximate surface area is 217 Å². The lowest BCUT2D eigenvalue weighted by Crippen LogP contribution is -2.50. The Balaban J connectivity index is 1.35. The first-order valence-electron chi connectivity index (χ1n) is 12.7. The highest BCUT2D eigenvalue weighted by Crippen LogP contribution is 2.30. The third-order valence-electron chi connectivity index (χ3n) is 6.65. The molecule has 0 unspecified atom stereocenters. The van der Waals surface area contributed by atoms with Crippen LogP contribution in [-0.2, 0) is 6.54 Å². The van der Waals surface area contributed by atoms with Crippen molar-refractivity contribution in [2.75, 3.05) is 31.5 Å². The Kier molecular flexibility index (Phi) is 7.23. The number of aromatic nitrogens is 5. The molecule has 0 spiro atoms. The Morgan fingerprint density at radius 3 is 2.62 bits per heavy atom. The number of hydrogen-bond donors (Lipinski definition) is 1. The molecule has 1 aromatic carbocycles. The molecule has 1 aliphatic heterocycles. The molecule has 1 saturated heterocycles. The van der Waals surface area contributed by atoms with Crippen molar-refractivity contribution in [3.05, 3.63) is 72.8 Å². The lowest BCUT2D eigenvalue weighted by molar-refractivity contribution is 0.0595. The molecule has 9 nitrogen and oxygen atoms in total. The van der Waals surface area contributed by atoms with E-state index in [0.29, 0.717) is 17.6 Å². The molecule has 3 aromatic heterocycles. The lowest BCUT2D eigenvalue weighted by atomic mass is 10.1. The maximum absolute atomic E-state index is 13.2. The summed E-state index contributed by atoms with van der Waals surface area (Å²) in [6.45, 7) is 10.5. The number of anilines is 2. The van der Waals surface area contributed by atoms with Gasteiger partial charge >= 0.3 is 0 Å². The molecular weight excluding hydrogens is 464 g/mol. The second-order valence-electron chi connectivity index (χ2n) is 9.38. The van der Waals surface area contributed by atoms with Crippen molar-refractivity contribution in [3.8, 4) is 22.5 Å². The third-order valence-corrected chi connectivity index (χ3v) is 6.65. The summed E-state index contributed by atoms with van der Waals surface area (Å²) in [6.07, 6.45) is 7.27. The summed E-state index contributed by atoms with van der Waals surface area (Å²) in [7, 11) is 0. The van der Waals surface area contributed by atoms with Gasteiger partial charge in [-0.1, -0.05) is 6.07 Å². The average molecular weight is 497 g/mol. The highest BCUT2D eigenvalue weighted by atomic mass is 16.2. The summed E-state index contributed by atoms with van der Waals surface area (Å²) in [6, 6.07) is 13.8. The molecule has 4 heterocycles. The Hall–Kier alpha value is -4.11. The van der Waals surface area contributed by atoms with Crippen LogP contribution in [0.1, 0.15) is 31.1 Å². The smallest absolute Gasteiger partial charge is 0.254 e. The predicted octanol–water partition coefficient (Wildman–Crippen LogP) is 4.33. The third kappa shape index (κ3) is 5.51. The van der Waals surface area contributed by atoms with E-state index in [4.69, 9.17) is 10.1 Å². The first-order chi connectivity index (χ1) is 18.0. The fourth-order valence-corrected chi connectivity index (χ4v) is 4.54. The van der Waals surface area contributed by atoms with Crippen LogP contribution in [0.4, 0.5) is 11.6 Å². The van der Waals surface area contributed by atoms with Crippen molar-refractivity contribution >= 4 is 17.5 Å². The number of aryl methyl sites for hydroxylation is 1. The molecular formula is C28H32N8O. The van der Waals surface area contributed by atoms with Crippen molar-refractivity contribution in [3.63, 3.8) is 0 Å². The molecule has 1 aliphatic rings. The average Bonchev–Trinajstić information content (AvgIpc) is 3.38. The quantitative estimate of drug-likeness (QED) is 0.407. The van der Waals surface area contributed by atoms with Gasteiger partial charge in [-0.2, -0.15) is 5.10 Å². The Bertz CT molecular complexity index is 1360. The molecule has 9 heteroatoms. The summed E-state index contributed by atoms with van der Waals surface area (Å²) in [5, 5.41) is 8.00. The largest absolute Gasteiger partial charge is 0.336 e. The molecule has 0 atom stereocenters. The standard InChI is InChI=1S/C28H32N8O/c1-4-36-19-24(26(33-36)22-8-6-11-29-18-22)25-10-12-30-28(32-25)31-23-9-5-7-21(17-23)27(37)35-15-13-34(14-16-35)20(2)3/h5-12,17-20H,4,13-16H2,1-3H3,(H,30,31,32). The second kappa shape index (κ2) is 10.9. The van der Waals surface area contributed by atoms with E-state index in [2.05, 4.69) is 41.0 Å². The van der Waals surface area contributed by atoms with Crippen LogP contribution in [0.25, 0.3) is 22.5 Å². The minimum Gasteiger partial charge on any atom is -0.336 e. The van der Waals surface area contributed by atoms with E-state index in [9.17, 15) is 4.79 Å². The van der Waals surface area contributed by atoms with Crippen LogP contribution < -0.4 is 5.32 Å². The first kappa shape index (κ1) is 24.6. The highest BCUT2D eigenvalue weighted by Gasteiger charge is 2.23. The molecule has 0 bridgehead atoms. The van der Waals surface area contributed by atoms with Gasteiger partial charge in [0.2, 0.25) is 5.95 Å². The van der Waals surface area contributed by atoms with Crippen LogP contribution in [0, 0.1) is 0 Å². The fourth-order valence-electron chi connectivity index (χ4n) is 4.54. The molecule has 190 valence electrons. The number of nitrogens with zero attached hydrogens (tertiary/aromatic N) is 7. The zero-order valence-corrected chi connectivity index (χ0v) is 21.5. The zero-order chi connectivity index (χ0) is 25.8. The summed E-state index contributed by atoms with van der Waals surface area (Å²) >= 11 is 0. The zero-order valence-electron chi connectivity index (χ0n) is 21.5. The van der Waals surface area contributed by atoms with Crippen molar-refractivity contribution in [2.45, 2.75) is 33.4 Å². The van der Waals surface area contributed by atoms with E-state index in [1.54, 1.807) is 18.6 Å². The van der Waals surface area contributed by atoms with Crippen LogP contribution >= 0.6 is 0 Å². The minimum absolute atomic E-state index is 0.0508. The Morgan fingerprint density at radius 2 is 1.89 bits per heavy atom. The number of hydrogen-bond acceptors (Lipinski definition) is 7. The highest BCUT2D eigenvalue weighted by molar-refractivity contribution is 5.95. The van der Waals surface area contributed by atoms with E-state index in [1.165, 1.54) is 0 Å². The number of pyridine rings is 1. The van der Waals surface area contributed by atoms with Gasteiger partial charge in [-0.25, -0.2) is 9.97 Å². The molecule has 0 radical (unpaired) electrons. The molecule has 1 amide bonds. The first-order valence-corrected chi connectivity index (χ1v) is 12.7. The molecule has 1 N–H and O–H groups in total. The number of rotatable bonds is 7. The summed E-state index contributed by atoms with van der Waals surface area (Å²) in [5.41, 5.74) is 4.84. The van der Waals surface area contributed by atoms with Gasteiger partial charge in [-0.05, 0) is 57.2 Å². The van der Waals surface area contributed by atoms with Gasteiger partial charge in [0, 0.05) is 85.9 Å². The van der Waals surface area contributed by atoms with Gasteiger partial charge in [0.1, 0.15) is 5.69 Å². The van der Waals surface area contributed by atoms with Gasteiger partial charge in [0.05, 0.1) is 5.69 Å². The van der Waals surface area contributed by atoms with Crippen LogP contribution in [0.5, 0.6) is 0 Å². The van der Waals surface area contributed by atoms with E-state index in [0.717, 1.165) is 60.9 Å². The number of benzene rings is 1. The fraction of sp³-hybridized carbons (Fsp3) is 0.321. The second-order valence-corrected chi connectivity index (χ2v) is 9.38.